The molecule has 0 spiro atoms. The van der Waals surface area contributed by atoms with E-state index in [2.05, 4.69) is 20.4 Å². The first-order valence-corrected chi connectivity index (χ1v) is 9.91. The summed E-state index contributed by atoms with van der Waals surface area (Å²) < 4.78 is 5.46. The molecule has 0 atom stereocenters. The fraction of sp³-hybridized carbons (Fsp3) is 0.0476. The smallest absolute Gasteiger partial charge is 0.241 e. The van der Waals surface area contributed by atoms with Gasteiger partial charge in [0.2, 0.25) is 11.8 Å². The lowest BCUT2D eigenvalue weighted by Gasteiger charge is -2.07. The predicted octanol–water partition coefficient (Wildman–Crippen LogP) is 5.94. The highest BCUT2D eigenvalue weighted by atomic mass is 35.5. The summed E-state index contributed by atoms with van der Waals surface area (Å²) in [6.45, 7) is 0. The largest absolute Gasteiger partial charge is 0.337 e. The Balaban J connectivity index is 1.71. The number of nitrogens with one attached hydrogen (secondary N) is 1. The number of hydrogen-bond donors (Lipinski definition) is 1. The van der Waals surface area contributed by atoms with Crippen molar-refractivity contribution in [1.29, 1.82) is 0 Å². The van der Waals surface area contributed by atoms with Crippen LogP contribution in [0.15, 0.2) is 65.6 Å². The van der Waals surface area contributed by atoms with Crippen molar-refractivity contribution in [3.63, 3.8) is 0 Å². The number of hydrogen-bond acceptors (Lipinski definition) is 5. The molecule has 0 aliphatic heterocycles. The Bertz CT molecular complexity index is 1210. The van der Waals surface area contributed by atoms with Crippen LogP contribution in [-0.2, 0) is 11.2 Å². The highest BCUT2D eigenvalue weighted by molar-refractivity contribution is 6.42. The first-order chi connectivity index (χ1) is 14.5. The van der Waals surface area contributed by atoms with Gasteiger partial charge in [-0.2, -0.15) is 0 Å². The number of benzene rings is 2. The molecule has 0 saturated carbocycles. The highest BCUT2D eigenvalue weighted by Crippen LogP contribution is 2.38. The average molecular weight is 460 g/mol. The second-order valence-electron chi connectivity index (χ2n) is 6.28. The van der Waals surface area contributed by atoms with E-state index in [0.717, 1.165) is 0 Å². The molecule has 9 heteroatoms. The van der Waals surface area contributed by atoms with E-state index in [0.29, 0.717) is 43.1 Å². The average Bonchev–Trinajstić information content (AvgIpc) is 3.15. The van der Waals surface area contributed by atoms with Crippen LogP contribution in [0, 0.1) is 0 Å². The Kier molecular flexibility index (Phi) is 5.99. The van der Waals surface area contributed by atoms with E-state index >= 15 is 0 Å². The molecule has 0 aliphatic rings. The summed E-state index contributed by atoms with van der Waals surface area (Å²) in [6, 6.07) is 13.9. The fourth-order valence-electron chi connectivity index (χ4n) is 2.88. The van der Waals surface area contributed by atoms with Gasteiger partial charge >= 0.3 is 0 Å². The number of rotatable bonds is 5. The minimum atomic E-state index is -0.310. The third-order valence-electron chi connectivity index (χ3n) is 4.29. The summed E-state index contributed by atoms with van der Waals surface area (Å²) in [5.74, 6) is -0.151. The molecule has 0 unspecified atom stereocenters. The summed E-state index contributed by atoms with van der Waals surface area (Å²) >= 11 is 18.3. The molecule has 0 bridgehead atoms. The number of anilines is 1. The van der Waals surface area contributed by atoms with Crippen molar-refractivity contribution in [2.24, 2.45) is 0 Å². The van der Waals surface area contributed by atoms with Gasteiger partial charge in [-0.05, 0) is 29.8 Å². The first kappa shape index (κ1) is 20.3. The van der Waals surface area contributed by atoms with Gasteiger partial charge < -0.3 is 4.52 Å². The van der Waals surface area contributed by atoms with Crippen molar-refractivity contribution in [2.45, 2.75) is 6.42 Å². The summed E-state index contributed by atoms with van der Waals surface area (Å²) in [7, 11) is 0. The molecule has 1 amide bonds. The van der Waals surface area contributed by atoms with E-state index in [-0.39, 0.29) is 18.2 Å². The van der Waals surface area contributed by atoms with Crippen LogP contribution in [0.2, 0.25) is 15.1 Å². The lowest BCUT2D eigenvalue weighted by Crippen LogP contribution is -2.14. The number of nitrogens with zero attached hydrogens (tertiary/aromatic N) is 3. The summed E-state index contributed by atoms with van der Waals surface area (Å²) in [4.78, 5) is 20.8. The lowest BCUT2D eigenvalue weighted by molar-refractivity contribution is -0.115. The van der Waals surface area contributed by atoms with E-state index in [4.69, 9.17) is 39.3 Å². The van der Waals surface area contributed by atoms with Gasteiger partial charge in [0.1, 0.15) is 12.0 Å². The van der Waals surface area contributed by atoms with Gasteiger partial charge in [0.05, 0.1) is 27.7 Å². The topological polar surface area (TPSA) is 80.9 Å². The van der Waals surface area contributed by atoms with Gasteiger partial charge in [0.15, 0.2) is 0 Å². The zero-order valence-corrected chi connectivity index (χ0v) is 17.5. The number of carbonyl (C=O) groups is 1. The third kappa shape index (κ3) is 4.31. The molecule has 2 aromatic heterocycles. The Morgan fingerprint density at radius 2 is 1.83 bits per heavy atom. The maximum atomic E-state index is 12.6. The Morgan fingerprint density at radius 1 is 1.00 bits per heavy atom. The molecule has 30 heavy (non-hydrogen) atoms. The monoisotopic (exact) mass is 458 g/mol. The van der Waals surface area contributed by atoms with Gasteiger partial charge in [-0.15, -0.1) is 0 Å². The zero-order chi connectivity index (χ0) is 21.1. The van der Waals surface area contributed by atoms with Crippen molar-refractivity contribution >= 4 is 46.6 Å². The minimum Gasteiger partial charge on any atom is -0.337 e. The molecule has 0 fully saturated rings. The van der Waals surface area contributed by atoms with E-state index in [1.807, 2.05) is 6.07 Å². The molecule has 4 aromatic rings. The number of halogens is 3. The molecule has 0 aliphatic carbocycles. The summed E-state index contributed by atoms with van der Waals surface area (Å²) in [5, 5.41) is 8.19. The van der Waals surface area contributed by atoms with Crippen LogP contribution in [0.25, 0.3) is 22.5 Å². The molecule has 1 N–H and O–H groups in total. The maximum absolute atomic E-state index is 12.6. The maximum Gasteiger partial charge on any atom is 0.241 e. The number of aromatic nitrogens is 3. The molecular formula is C21H13Cl3N4O2. The second-order valence-corrected chi connectivity index (χ2v) is 7.50. The quantitative estimate of drug-likeness (QED) is 0.399. The third-order valence-corrected chi connectivity index (χ3v) is 5.39. The van der Waals surface area contributed by atoms with Gasteiger partial charge in [0.25, 0.3) is 0 Å². The second kappa shape index (κ2) is 8.83. The first-order valence-electron chi connectivity index (χ1n) is 8.77. The van der Waals surface area contributed by atoms with Gasteiger partial charge in [-0.1, -0.05) is 64.2 Å². The highest BCUT2D eigenvalue weighted by Gasteiger charge is 2.23. The Morgan fingerprint density at radius 3 is 2.57 bits per heavy atom. The molecule has 2 heterocycles. The van der Waals surface area contributed by atoms with Crippen LogP contribution in [0.4, 0.5) is 5.88 Å². The van der Waals surface area contributed by atoms with Gasteiger partial charge in [-0.25, -0.2) is 9.97 Å². The van der Waals surface area contributed by atoms with E-state index in [1.165, 1.54) is 6.33 Å². The minimum absolute atomic E-state index is 0.0751. The van der Waals surface area contributed by atoms with E-state index < -0.39 is 0 Å². The lowest BCUT2D eigenvalue weighted by atomic mass is 10.0. The summed E-state index contributed by atoms with van der Waals surface area (Å²) in [6.07, 6.45) is 3.06. The van der Waals surface area contributed by atoms with Crippen molar-refractivity contribution in [1.82, 2.24) is 15.1 Å². The van der Waals surface area contributed by atoms with Crippen LogP contribution in [0.1, 0.15) is 5.56 Å². The fourth-order valence-corrected chi connectivity index (χ4v) is 3.38. The predicted molar refractivity (Wildman–Crippen MR) is 117 cm³/mol. The standard InChI is InChI=1S/C21H13Cl3N4O2/c22-14-4-2-1-3-12(14)10-18(29)27-21-19(17-7-8-25-11-26-17)20(28-30-21)13-5-6-15(23)16(24)9-13/h1-9,11H,10H2,(H,27,29). The molecule has 2 aromatic carbocycles. The van der Waals surface area contributed by atoms with Crippen LogP contribution >= 0.6 is 34.8 Å². The SMILES string of the molecule is O=C(Cc1ccccc1Cl)Nc1onc(-c2ccc(Cl)c(Cl)c2)c1-c1ccncn1. The molecule has 0 saturated heterocycles. The molecule has 4 rings (SSSR count). The van der Waals surface area contributed by atoms with Crippen molar-refractivity contribution in [3.8, 4) is 22.5 Å². The molecule has 0 radical (unpaired) electrons. The Labute approximate surface area is 186 Å². The normalized spacial score (nSPS) is 10.8. The number of amides is 1. The van der Waals surface area contributed by atoms with Gasteiger partial charge in [0, 0.05) is 16.8 Å². The Hall–Kier alpha value is -2.93. The molecular weight excluding hydrogens is 447 g/mol. The van der Waals surface area contributed by atoms with Crippen molar-refractivity contribution in [3.05, 3.63) is 81.7 Å². The molecule has 6 nitrogen and oxygen atoms in total. The van der Waals surface area contributed by atoms with Crippen molar-refractivity contribution < 1.29 is 9.32 Å². The number of carbonyl (C=O) groups excluding carboxylic acids is 1. The zero-order valence-electron chi connectivity index (χ0n) is 15.3. The molecule has 150 valence electrons. The van der Waals surface area contributed by atoms with Crippen LogP contribution in [0.3, 0.4) is 0 Å². The summed E-state index contributed by atoms with van der Waals surface area (Å²) in [5.41, 5.74) is 2.85. The van der Waals surface area contributed by atoms with Gasteiger partial charge in [-0.3, -0.25) is 10.1 Å². The van der Waals surface area contributed by atoms with Crippen LogP contribution in [-0.4, -0.2) is 21.0 Å². The van der Waals surface area contributed by atoms with Crippen LogP contribution < -0.4 is 5.32 Å². The van der Waals surface area contributed by atoms with Crippen molar-refractivity contribution in [2.75, 3.05) is 5.32 Å². The van der Waals surface area contributed by atoms with E-state index in [1.54, 1.807) is 48.7 Å². The van der Waals surface area contributed by atoms with E-state index in [9.17, 15) is 4.79 Å². The van der Waals surface area contributed by atoms with Crippen LogP contribution in [0.5, 0.6) is 0 Å².